The molecule has 90 valence electrons. The van der Waals surface area contributed by atoms with Crippen molar-refractivity contribution in [1.82, 2.24) is 0 Å². The van der Waals surface area contributed by atoms with Crippen molar-refractivity contribution in [2.24, 2.45) is 0 Å². The van der Waals surface area contributed by atoms with Gasteiger partial charge in [0.2, 0.25) is 0 Å². The minimum atomic E-state index is 0.296. The van der Waals surface area contributed by atoms with E-state index in [-0.39, 0.29) is 0 Å². The van der Waals surface area contributed by atoms with Gasteiger partial charge in [0.05, 0.1) is 0 Å². The van der Waals surface area contributed by atoms with Gasteiger partial charge in [-0.3, -0.25) is 0 Å². The van der Waals surface area contributed by atoms with Gasteiger partial charge >= 0.3 is 0 Å². The predicted molar refractivity (Wildman–Crippen MR) is 70.1 cm³/mol. The quantitative estimate of drug-likeness (QED) is 0.747. The summed E-state index contributed by atoms with van der Waals surface area (Å²) in [6.45, 7) is 8.81. The highest BCUT2D eigenvalue weighted by atomic mass is 16.2. The van der Waals surface area contributed by atoms with Gasteiger partial charge in [0.25, 0.3) is 0 Å². The number of hydrogen-bond donors (Lipinski definition) is 1. The number of hydrogen-bond acceptors (Lipinski definition) is 2. The van der Waals surface area contributed by atoms with Crippen LogP contribution in [0.3, 0.4) is 0 Å². The molecule has 0 aliphatic carbocycles. The van der Waals surface area contributed by atoms with Gasteiger partial charge in [0, 0.05) is 25.4 Å². The molecular weight excluding hydrogens is 198 g/mol. The number of aliphatic hydroxyl groups excluding tert-OH is 1. The summed E-state index contributed by atoms with van der Waals surface area (Å²) in [4.78, 5) is 2.38. The molecule has 16 heavy (non-hydrogen) atoms. The molecule has 0 aliphatic heterocycles. The number of unbranched alkanes of at least 4 members (excludes halogenated alkanes) is 1. The molecule has 0 aliphatic rings. The van der Waals surface area contributed by atoms with Crippen LogP contribution in [0.15, 0.2) is 18.2 Å². The second kappa shape index (κ2) is 6.54. The van der Waals surface area contributed by atoms with Crippen LogP contribution in [0.5, 0.6) is 0 Å². The third-order valence-corrected chi connectivity index (χ3v) is 2.91. The Balaban J connectivity index is 2.70. The second-order valence-electron chi connectivity index (χ2n) is 4.30. The summed E-state index contributed by atoms with van der Waals surface area (Å²) >= 11 is 0. The largest absolute Gasteiger partial charge is 0.396 e. The fourth-order valence-corrected chi connectivity index (χ4v) is 2.02. The second-order valence-corrected chi connectivity index (χ2v) is 4.30. The van der Waals surface area contributed by atoms with Crippen molar-refractivity contribution in [3.63, 3.8) is 0 Å². The molecule has 0 atom stereocenters. The SMILES string of the molecule is CCN(CCCCO)c1ccc(C)cc1C. The summed E-state index contributed by atoms with van der Waals surface area (Å²) in [6, 6.07) is 6.59. The molecule has 1 rings (SSSR count). The topological polar surface area (TPSA) is 23.5 Å². The molecule has 2 heteroatoms. The zero-order chi connectivity index (χ0) is 12.0. The maximum absolute atomic E-state index is 8.79. The summed E-state index contributed by atoms with van der Waals surface area (Å²) < 4.78 is 0. The summed E-state index contributed by atoms with van der Waals surface area (Å²) in [5, 5.41) is 8.79. The van der Waals surface area contributed by atoms with Crippen molar-refractivity contribution < 1.29 is 5.11 Å². The van der Waals surface area contributed by atoms with Crippen LogP contribution in [0.25, 0.3) is 0 Å². The minimum absolute atomic E-state index is 0.296. The normalized spacial score (nSPS) is 10.5. The van der Waals surface area contributed by atoms with Crippen LogP contribution in [-0.4, -0.2) is 24.8 Å². The molecule has 2 nitrogen and oxygen atoms in total. The number of aliphatic hydroxyl groups is 1. The van der Waals surface area contributed by atoms with Gasteiger partial charge in [-0.1, -0.05) is 17.7 Å². The monoisotopic (exact) mass is 221 g/mol. The molecular formula is C14H23NO. The van der Waals surface area contributed by atoms with Gasteiger partial charge in [-0.25, -0.2) is 0 Å². The maximum atomic E-state index is 8.79. The first-order chi connectivity index (χ1) is 7.69. The van der Waals surface area contributed by atoms with Gasteiger partial charge < -0.3 is 10.0 Å². The number of rotatable bonds is 6. The van der Waals surface area contributed by atoms with Crippen LogP contribution in [0, 0.1) is 13.8 Å². The third kappa shape index (κ3) is 3.53. The summed E-state index contributed by atoms with van der Waals surface area (Å²) in [5.74, 6) is 0. The van der Waals surface area contributed by atoms with Gasteiger partial charge in [0.1, 0.15) is 0 Å². The standard InChI is InChI=1S/C14H23NO/c1-4-15(9-5-6-10-16)14-8-7-12(2)11-13(14)3/h7-8,11,16H,4-6,9-10H2,1-3H3. The smallest absolute Gasteiger partial charge is 0.0431 e. The highest BCUT2D eigenvalue weighted by molar-refractivity contribution is 5.54. The molecule has 0 unspecified atom stereocenters. The van der Waals surface area contributed by atoms with E-state index >= 15 is 0 Å². The third-order valence-electron chi connectivity index (χ3n) is 2.91. The van der Waals surface area contributed by atoms with Crippen LogP contribution in [0.2, 0.25) is 0 Å². The van der Waals surface area contributed by atoms with Crippen LogP contribution >= 0.6 is 0 Å². The lowest BCUT2D eigenvalue weighted by atomic mass is 10.1. The number of benzene rings is 1. The fraction of sp³-hybridized carbons (Fsp3) is 0.571. The highest BCUT2D eigenvalue weighted by Gasteiger charge is 2.06. The van der Waals surface area contributed by atoms with Crippen LogP contribution in [0.4, 0.5) is 5.69 Å². The lowest BCUT2D eigenvalue weighted by molar-refractivity contribution is 0.285. The number of aryl methyl sites for hydroxylation is 2. The predicted octanol–water partition coefficient (Wildman–Crippen LogP) is 2.90. The van der Waals surface area contributed by atoms with Crippen molar-refractivity contribution in [2.45, 2.75) is 33.6 Å². The van der Waals surface area contributed by atoms with E-state index in [0.29, 0.717) is 6.61 Å². The molecule has 0 radical (unpaired) electrons. The molecule has 0 aromatic heterocycles. The molecule has 0 spiro atoms. The van der Waals surface area contributed by atoms with E-state index in [1.165, 1.54) is 16.8 Å². The van der Waals surface area contributed by atoms with E-state index in [1.54, 1.807) is 0 Å². The Hall–Kier alpha value is -1.02. The van der Waals surface area contributed by atoms with Gasteiger partial charge in [-0.05, 0) is 45.2 Å². The molecule has 0 heterocycles. The van der Waals surface area contributed by atoms with Crippen LogP contribution in [0.1, 0.15) is 30.9 Å². The highest BCUT2D eigenvalue weighted by Crippen LogP contribution is 2.21. The molecule has 0 amide bonds. The molecule has 1 aromatic carbocycles. The fourth-order valence-electron chi connectivity index (χ4n) is 2.02. The minimum Gasteiger partial charge on any atom is -0.396 e. The number of anilines is 1. The Bertz CT molecular complexity index is 323. The van der Waals surface area contributed by atoms with E-state index in [4.69, 9.17) is 5.11 Å². The van der Waals surface area contributed by atoms with Crippen molar-refractivity contribution in [3.8, 4) is 0 Å². The number of nitrogens with zero attached hydrogens (tertiary/aromatic N) is 1. The zero-order valence-corrected chi connectivity index (χ0v) is 10.7. The Kier molecular flexibility index (Phi) is 5.33. The lowest BCUT2D eigenvalue weighted by Gasteiger charge is -2.25. The summed E-state index contributed by atoms with van der Waals surface area (Å²) in [5.41, 5.74) is 3.98. The van der Waals surface area contributed by atoms with Gasteiger partial charge in [-0.2, -0.15) is 0 Å². The van der Waals surface area contributed by atoms with E-state index < -0.39 is 0 Å². The van der Waals surface area contributed by atoms with Gasteiger partial charge in [0.15, 0.2) is 0 Å². The Morgan fingerprint density at radius 2 is 1.94 bits per heavy atom. The van der Waals surface area contributed by atoms with Crippen LogP contribution in [-0.2, 0) is 0 Å². The summed E-state index contributed by atoms with van der Waals surface area (Å²) in [7, 11) is 0. The van der Waals surface area contributed by atoms with Crippen molar-refractivity contribution >= 4 is 5.69 Å². The van der Waals surface area contributed by atoms with Gasteiger partial charge in [-0.15, -0.1) is 0 Å². The molecule has 0 saturated carbocycles. The Labute approximate surface area is 98.9 Å². The molecule has 1 N–H and O–H groups in total. The van der Waals surface area contributed by atoms with E-state index in [2.05, 4.69) is 43.9 Å². The van der Waals surface area contributed by atoms with Crippen molar-refractivity contribution in [3.05, 3.63) is 29.3 Å². The zero-order valence-electron chi connectivity index (χ0n) is 10.7. The average molecular weight is 221 g/mol. The maximum Gasteiger partial charge on any atom is 0.0431 e. The molecule has 1 aromatic rings. The Morgan fingerprint density at radius 1 is 1.19 bits per heavy atom. The van der Waals surface area contributed by atoms with E-state index in [1.807, 2.05) is 0 Å². The van der Waals surface area contributed by atoms with Crippen LogP contribution < -0.4 is 4.90 Å². The van der Waals surface area contributed by atoms with Crippen molar-refractivity contribution in [2.75, 3.05) is 24.6 Å². The first kappa shape index (κ1) is 13.0. The van der Waals surface area contributed by atoms with Crippen molar-refractivity contribution in [1.29, 1.82) is 0 Å². The first-order valence-corrected chi connectivity index (χ1v) is 6.12. The molecule has 0 fully saturated rings. The molecule has 0 bridgehead atoms. The Morgan fingerprint density at radius 3 is 2.50 bits per heavy atom. The average Bonchev–Trinajstić information content (AvgIpc) is 2.26. The van der Waals surface area contributed by atoms with E-state index in [9.17, 15) is 0 Å². The lowest BCUT2D eigenvalue weighted by Crippen LogP contribution is -2.24. The summed E-state index contributed by atoms with van der Waals surface area (Å²) in [6.07, 6.45) is 1.94. The first-order valence-electron chi connectivity index (χ1n) is 6.12. The van der Waals surface area contributed by atoms with E-state index in [0.717, 1.165) is 25.9 Å². The molecule has 0 saturated heterocycles.